The third-order valence-electron chi connectivity index (χ3n) is 3.23. The number of benzene rings is 1. The highest BCUT2D eigenvalue weighted by Crippen LogP contribution is 2.33. The number of carboxylic acids is 1. The average molecular weight is 248 g/mol. The Hall–Kier alpha value is -2.04. The minimum absolute atomic E-state index is 0.319. The number of hydrazine groups is 1. The number of para-hydroxylation sites is 1. The van der Waals surface area contributed by atoms with Gasteiger partial charge in [-0.15, -0.1) is 0 Å². The summed E-state index contributed by atoms with van der Waals surface area (Å²) in [7, 11) is 0. The third kappa shape index (κ3) is 1.72. The molecular weight excluding hydrogens is 232 g/mol. The molecule has 1 fully saturated rings. The van der Waals surface area contributed by atoms with Crippen LogP contribution in [0.2, 0.25) is 0 Å². The summed E-state index contributed by atoms with van der Waals surface area (Å²) in [5.41, 5.74) is 1.80. The number of nitrogens with one attached hydrogen (secondary N) is 1. The Kier molecular flexibility index (Phi) is 3.23. The number of unbranched alkanes of at least 4 members (excludes halogenated alkanes) is 1. The molecule has 18 heavy (non-hydrogen) atoms. The maximum atomic E-state index is 11.7. The van der Waals surface area contributed by atoms with Gasteiger partial charge in [0.15, 0.2) is 0 Å². The van der Waals surface area contributed by atoms with Gasteiger partial charge < -0.3 is 5.11 Å². The largest absolute Gasteiger partial charge is 0.479 e. The molecule has 1 atom stereocenters. The predicted molar refractivity (Wildman–Crippen MR) is 67.0 cm³/mol. The van der Waals surface area contributed by atoms with E-state index in [1.54, 1.807) is 12.1 Å². The molecule has 2 N–H and O–H groups in total. The maximum Gasteiger partial charge on any atom is 0.341 e. The van der Waals surface area contributed by atoms with Gasteiger partial charge in [0, 0.05) is 0 Å². The second kappa shape index (κ2) is 4.68. The second-order valence-corrected chi connectivity index (χ2v) is 4.38. The van der Waals surface area contributed by atoms with Gasteiger partial charge in [-0.2, -0.15) is 0 Å². The Morgan fingerprint density at radius 1 is 1.39 bits per heavy atom. The molecule has 0 spiro atoms. The van der Waals surface area contributed by atoms with E-state index >= 15 is 0 Å². The van der Waals surface area contributed by atoms with Crippen molar-refractivity contribution in [2.24, 2.45) is 0 Å². The van der Waals surface area contributed by atoms with E-state index in [2.05, 4.69) is 5.43 Å². The predicted octanol–water partition coefficient (Wildman–Crippen LogP) is 1.55. The lowest BCUT2D eigenvalue weighted by atomic mass is 9.87. The molecule has 0 saturated carbocycles. The molecule has 1 saturated heterocycles. The van der Waals surface area contributed by atoms with Crippen LogP contribution in [0, 0.1) is 0 Å². The smallest absolute Gasteiger partial charge is 0.341 e. The fourth-order valence-corrected chi connectivity index (χ4v) is 2.16. The molecule has 1 heterocycles. The van der Waals surface area contributed by atoms with Crippen LogP contribution in [0.4, 0.5) is 5.69 Å². The molecule has 1 unspecified atom stereocenters. The Labute approximate surface area is 105 Å². The summed E-state index contributed by atoms with van der Waals surface area (Å²) in [4.78, 5) is 23.3. The van der Waals surface area contributed by atoms with Gasteiger partial charge >= 0.3 is 5.97 Å². The van der Waals surface area contributed by atoms with Gasteiger partial charge in [-0.1, -0.05) is 38.0 Å². The first-order chi connectivity index (χ1) is 8.63. The zero-order chi connectivity index (χ0) is 13.2. The number of anilines is 1. The molecule has 0 bridgehead atoms. The number of hydrogen-bond donors (Lipinski definition) is 2. The van der Waals surface area contributed by atoms with E-state index < -0.39 is 17.4 Å². The molecule has 0 aliphatic carbocycles. The van der Waals surface area contributed by atoms with Crippen molar-refractivity contribution in [3.05, 3.63) is 30.3 Å². The summed E-state index contributed by atoms with van der Waals surface area (Å²) in [5, 5.41) is 10.9. The van der Waals surface area contributed by atoms with Crippen LogP contribution in [0.1, 0.15) is 26.2 Å². The molecule has 0 radical (unpaired) electrons. The van der Waals surface area contributed by atoms with Crippen LogP contribution >= 0.6 is 0 Å². The monoisotopic (exact) mass is 248 g/mol. The van der Waals surface area contributed by atoms with Gasteiger partial charge in [-0.3, -0.25) is 15.2 Å². The van der Waals surface area contributed by atoms with Crippen molar-refractivity contribution in [2.75, 3.05) is 5.01 Å². The van der Waals surface area contributed by atoms with Gasteiger partial charge in [-0.25, -0.2) is 4.79 Å². The summed E-state index contributed by atoms with van der Waals surface area (Å²) in [6, 6.07) is 9.03. The zero-order valence-electron chi connectivity index (χ0n) is 10.2. The summed E-state index contributed by atoms with van der Waals surface area (Å²) >= 11 is 0. The van der Waals surface area contributed by atoms with Crippen molar-refractivity contribution < 1.29 is 14.7 Å². The standard InChI is InChI=1S/C13H16N2O3/c1-2-3-9-13(12(17)18)11(16)14-15(13)10-7-5-4-6-8-10/h4-8H,2-3,9H2,1H3,(H,14,16)(H,17,18). The number of aliphatic carboxylic acids is 1. The van der Waals surface area contributed by atoms with Crippen LogP contribution in [-0.4, -0.2) is 22.5 Å². The Morgan fingerprint density at radius 3 is 2.56 bits per heavy atom. The van der Waals surface area contributed by atoms with Crippen LogP contribution in [0.25, 0.3) is 0 Å². The first-order valence-electron chi connectivity index (χ1n) is 6.02. The molecule has 5 heteroatoms. The number of carboxylic acid groups (broad SMARTS) is 1. The van der Waals surface area contributed by atoms with Crippen molar-refractivity contribution in [1.82, 2.24) is 5.43 Å². The molecule has 1 amide bonds. The third-order valence-corrected chi connectivity index (χ3v) is 3.23. The number of nitrogens with zero attached hydrogens (tertiary/aromatic N) is 1. The van der Waals surface area contributed by atoms with Crippen LogP contribution < -0.4 is 10.4 Å². The maximum absolute atomic E-state index is 11.7. The Morgan fingerprint density at radius 2 is 2.06 bits per heavy atom. The average Bonchev–Trinajstić information content (AvgIpc) is 2.37. The van der Waals surface area contributed by atoms with E-state index in [1.807, 2.05) is 25.1 Å². The highest BCUT2D eigenvalue weighted by molar-refractivity contribution is 6.15. The number of rotatable bonds is 5. The molecular formula is C13H16N2O3. The van der Waals surface area contributed by atoms with Crippen molar-refractivity contribution in [1.29, 1.82) is 0 Å². The van der Waals surface area contributed by atoms with Gasteiger partial charge in [0.05, 0.1) is 5.69 Å². The summed E-state index contributed by atoms with van der Waals surface area (Å²) in [6.45, 7) is 1.97. The number of amides is 1. The summed E-state index contributed by atoms with van der Waals surface area (Å²) < 4.78 is 0. The van der Waals surface area contributed by atoms with E-state index in [0.717, 1.165) is 6.42 Å². The van der Waals surface area contributed by atoms with E-state index in [9.17, 15) is 14.7 Å². The minimum Gasteiger partial charge on any atom is -0.479 e. The van der Waals surface area contributed by atoms with Crippen molar-refractivity contribution in [2.45, 2.75) is 31.7 Å². The fraction of sp³-hybridized carbons (Fsp3) is 0.385. The van der Waals surface area contributed by atoms with Crippen molar-refractivity contribution in [3.63, 3.8) is 0 Å². The Bertz CT molecular complexity index is 451. The highest BCUT2D eigenvalue weighted by atomic mass is 16.4. The molecule has 2 rings (SSSR count). The lowest BCUT2D eigenvalue weighted by molar-refractivity contribution is -0.156. The lowest BCUT2D eigenvalue weighted by Crippen LogP contribution is -2.80. The van der Waals surface area contributed by atoms with Gasteiger partial charge in [0.25, 0.3) is 5.91 Å². The number of carbonyl (C=O) groups excluding carboxylic acids is 1. The molecule has 1 aliphatic rings. The normalized spacial score (nSPS) is 22.3. The van der Waals surface area contributed by atoms with Gasteiger partial charge in [0.2, 0.25) is 5.54 Å². The lowest BCUT2D eigenvalue weighted by Gasteiger charge is -2.49. The molecule has 5 nitrogen and oxygen atoms in total. The van der Waals surface area contributed by atoms with Crippen LogP contribution in [-0.2, 0) is 9.59 Å². The summed E-state index contributed by atoms with van der Waals surface area (Å²) in [5.74, 6) is -1.53. The first-order valence-corrected chi connectivity index (χ1v) is 6.02. The first kappa shape index (κ1) is 12.4. The highest BCUT2D eigenvalue weighted by Gasteiger charge is 2.59. The molecule has 1 aliphatic heterocycles. The summed E-state index contributed by atoms with van der Waals surface area (Å²) in [6.07, 6.45) is 1.87. The van der Waals surface area contributed by atoms with E-state index in [-0.39, 0.29) is 0 Å². The molecule has 96 valence electrons. The number of hydrogen-bond acceptors (Lipinski definition) is 3. The quantitative estimate of drug-likeness (QED) is 0.776. The van der Waals surface area contributed by atoms with E-state index in [0.29, 0.717) is 18.5 Å². The number of carbonyl (C=O) groups is 2. The SMILES string of the molecule is CCCCC1(C(=O)O)C(=O)NN1c1ccccc1. The van der Waals surface area contributed by atoms with Crippen LogP contribution in [0.5, 0.6) is 0 Å². The topological polar surface area (TPSA) is 69.6 Å². The van der Waals surface area contributed by atoms with E-state index in [1.165, 1.54) is 5.01 Å². The molecule has 1 aromatic rings. The van der Waals surface area contributed by atoms with E-state index in [4.69, 9.17) is 0 Å². The molecule has 0 aromatic heterocycles. The van der Waals surface area contributed by atoms with Crippen LogP contribution in [0.15, 0.2) is 30.3 Å². The molecule has 1 aromatic carbocycles. The van der Waals surface area contributed by atoms with Crippen molar-refractivity contribution >= 4 is 17.6 Å². The zero-order valence-corrected chi connectivity index (χ0v) is 10.2. The Balaban J connectivity index is 2.31. The van der Waals surface area contributed by atoms with Gasteiger partial charge in [0.1, 0.15) is 0 Å². The van der Waals surface area contributed by atoms with Crippen molar-refractivity contribution in [3.8, 4) is 0 Å². The minimum atomic E-state index is -1.45. The fourth-order valence-electron chi connectivity index (χ4n) is 2.16. The van der Waals surface area contributed by atoms with Gasteiger partial charge in [-0.05, 0) is 18.6 Å². The second-order valence-electron chi connectivity index (χ2n) is 4.38. The van der Waals surface area contributed by atoms with Crippen LogP contribution in [0.3, 0.4) is 0 Å².